The van der Waals surface area contributed by atoms with Gasteiger partial charge in [-0.3, -0.25) is 14.9 Å². The summed E-state index contributed by atoms with van der Waals surface area (Å²) in [5, 5.41) is 11.3. The third-order valence-corrected chi connectivity index (χ3v) is 3.68. The molecule has 1 heterocycles. The Bertz CT molecular complexity index is 775. The van der Waals surface area contributed by atoms with E-state index in [9.17, 15) is 14.9 Å². The largest absolute Gasteiger partial charge is 0.486 e. The number of nitro groups is 1. The van der Waals surface area contributed by atoms with E-state index in [4.69, 9.17) is 9.47 Å². The van der Waals surface area contributed by atoms with Crippen molar-refractivity contribution in [3.63, 3.8) is 0 Å². The standard InChI is InChI=1S/C15H10BrNO5/c16-10-3-1-2-9(6-10)15(18)11-7-13-14(22-5-4-21-13)8-12(11)17(19)20/h1-3,6-8H,4-5H2. The van der Waals surface area contributed by atoms with E-state index < -0.39 is 10.7 Å². The minimum atomic E-state index is -0.594. The zero-order valence-electron chi connectivity index (χ0n) is 11.2. The first-order valence-corrected chi connectivity index (χ1v) is 7.24. The first kappa shape index (κ1) is 14.5. The van der Waals surface area contributed by atoms with Gasteiger partial charge >= 0.3 is 0 Å². The molecule has 0 aromatic heterocycles. The molecule has 0 saturated heterocycles. The molecule has 0 atom stereocenters. The Morgan fingerprint density at radius 3 is 2.45 bits per heavy atom. The molecule has 2 aromatic carbocycles. The van der Waals surface area contributed by atoms with Crippen LogP contribution in [-0.2, 0) is 0 Å². The average Bonchev–Trinajstić information content (AvgIpc) is 2.52. The van der Waals surface area contributed by atoms with Crippen LogP contribution in [0.4, 0.5) is 5.69 Å². The summed E-state index contributed by atoms with van der Waals surface area (Å²) in [5.41, 5.74) is 0.0377. The third kappa shape index (κ3) is 2.67. The topological polar surface area (TPSA) is 78.7 Å². The highest BCUT2D eigenvalue weighted by atomic mass is 79.9. The van der Waals surface area contributed by atoms with Crippen LogP contribution in [-0.4, -0.2) is 23.9 Å². The molecule has 0 fully saturated rings. The first-order valence-electron chi connectivity index (χ1n) is 6.44. The fourth-order valence-electron chi connectivity index (χ4n) is 2.20. The Kier molecular flexibility index (Phi) is 3.81. The Morgan fingerprint density at radius 1 is 1.14 bits per heavy atom. The lowest BCUT2D eigenvalue weighted by molar-refractivity contribution is -0.385. The van der Waals surface area contributed by atoms with Gasteiger partial charge in [-0.1, -0.05) is 28.1 Å². The minimum absolute atomic E-state index is 0.0210. The average molecular weight is 364 g/mol. The van der Waals surface area contributed by atoms with Gasteiger partial charge in [-0.25, -0.2) is 0 Å². The van der Waals surface area contributed by atoms with Crippen LogP contribution in [0.3, 0.4) is 0 Å². The summed E-state index contributed by atoms with van der Waals surface area (Å²) in [6.45, 7) is 0.665. The second kappa shape index (κ2) is 5.76. The number of carbonyl (C=O) groups excluding carboxylic acids is 1. The van der Waals surface area contributed by atoms with Gasteiger partial charge in [0.25, 0.3) is 5.69 Å². The van der Waals surface area contributed by atoms with Gasteiger partial charge in [0.2, 0.25) is 0 Å². The van der Waals surface area contributed by atoms with Crippen molar-refractivity contribution in [2.45, 2.75) is 0 Å². The summed E-state index contributed by atoms with van der Waals surface area (Å²) in [7, 11) is 0. The van der Waals surface area contributed by atoms with Crippen molar-refractivity contribution >= 4 is 27.4 Å². The lowest BCUT2D eigenvalue weighted by atomic mass is 10.0. The minimum Gasteiger partial charge on any atom is -0.486 e. The number of ketones is 1. The van der Waals surface area contributed by atoms with E-state index >= 15 is 0 Å². The summed E-state index contributed by atoms with van der Waals surface area (Å²) >= 11 is 3.28. The van der Waals surface area contributed by atoms with Crippen LogP contribution in [0.15, 0.2) is 40.9 Å². The molecule has 0 radical (unpaired) electrons. The van der Waals surface area contributed by atoms with Gasteiger partial charge in [0.05, 0.1) is 11.0 Å². The third-order valence-electron chi connectivity index (χ3n) is 3.19. The van der Waals surface area contributed by atoms with Crippen molar-refractivity contribution in [2.75, 3.05) is 13.2 Å². The van der Waals surface area contributed by atoms with Crippen molar-refractivity contribution < 1.29 is 19.2 Å². The van der Waals surface area contributed by atoms with E-state index in [1.54, 1.807) is 24.3 Å². The number of fused-ring (bicyclic) bond motifs is 1. The van der Waals surface area contributed by atoms with Crippen molar-refractivity contribution in [1.82, 2.24) is 0 Å². The van der Waals surface area contributed by atoms with Crippen molar-refractivity contribution in [3.8, 4) is 11.5 Å². The Hall–Kier alpha value is -2.41. The number of benzene rings is 2. The van der Waals surface area contributed by atoms with Crippen LogP contribution in [0.2, 0.25) is 0 Å². The van der Waals surface area contributed by atoms with E-state index in [1.807, 2.05) is 0 Å². The molecule has 6 nitrogen and oxygen atoms in total. The highest BCUT2D eigenvalue weighted by molar-refractivity contribution is 9.10. The SMILES string of the molecule is O=C(c1cccc(Br)c1)c1cc2c(cc1[N+](=O)[O-])OCCO2. The number of rotatable bonds is 3. The van der Waals surface area contributed by atoms with E-state index in [2.05, 4.69) is 15.9 Å². The Morgan fingerprint density at radius 2 is 1.82 bits per heavy atom. The molecule has 0 N–H and O–H groups in total. The predicted octanol–water partition coefficient (Wildman–Crippen LogP) is 3.36. The normalized spacial score (nSPS) is 12.8. The van der Waals surface area contributed by atoms with Crippen LogP contribution in [0.25, 0.3) is 0 Å². The molecule has 3 rings (SSSR count). The predicted molar refractivity (Wildman–Crippen MR) is 81.7 cm³/mol. The molecular formula is C15H10BrNO5. The van der Waals surface area contributed by atoms with Crippen molar-refractivity contribution in [1.29, 1.82) is 0 Å². The first-order chi connectivity index (χ1) is 10.6. The fraction of sp³-hybridized carbons (Fsp3) is 0.133. The van der Waals surface area contributed by atoms with E-state index in [0.717, 1.165) is 4.47 Å². The van der Waals surface area contributed by atoms with Crippen LogP contribution in [0.5, 0.6) is 11.5 Å². The maximum atomic E-state index is 12.6. The molecule has 0 bridgehead atoms. The summed E-state index contributed by atoms with van der Waals surface area (Å²) in [4.78, 5) is 23.3. The van der Waals surface area contributed by atoms with Gasteiger partial charge in [-0.05, 0) is 12.1 Å². The number of hydrogen-bond acceptors (Lipinski definition) is 5. The van der Waals surface area contributed by atoms with Gasteiger partial charge in [0.1, 0.15) is 18.8 Å². The van der Waals surface area contributed by atoms with Gasteiger partial charge in [-0.15, -0.1) is 0 Å². The Labute approximate surface area is 133 Å². The molecule has 22 heavy (non-hydrogen) atoms. The van der Waals surface area contributed by atoms with Gasteiger partial charge in [0.15, 0.2) is 17.3 Å². The fourth-order valence-corrected chi connectivity index (χ4v) is 2.60. The number of halogens is 1. The lowest BCUT2D eigenvalue weighted by Gasteiger charge is -2.18. The zero-order chi connectivity index (χ0) is 15.7. The van der Waals surface area contributed by atoms with E-state index in [-0.39, 0.29) is 17.0 Å². The molecular weight excluding hydrogens is 354 g/mol. The van der Waals surface area contributed by atoms with Gasteiger partial charge in [0, 0.05) is 16.1 Å². The van der Waals surface area contributed by atoms with Crippen LogP contribution in [0, 0.1) is 10.1 Å². The number of ether oxygens (including phenoxy) is 2. The number of nitro benzene ring substituents is 1. The quantitative estimate of drug-likeness (QED) is 0.474. The maximum absolute atomic E-state index is 12.6. The van der Waals surface area contributed by atoms with E-state index in [1.165, 1.54) is 12.1 Å². The number of hydrogen-bond donors (Lipinski definition) is 0. The molecule has 0 saturated carbocycles. The summed E-state index contributed by atoms with van der Waals surface area (Å²) in [6.07, 6.45) is 0. The molecule has 1 aliphatic heterocycles. The molecule has 0 spiro atoms. The highest BCUT2D eigenvalue weighted by Gasteiger charge is 2.27. The summed E-state index contributed by atoms with van der Waals surface area (Å²) in [5.74, 6) is 0.184. The van der Waals surface area contributed by atoms with Gasteiger partial charge < -0.3 is 9.47 Å². The van der Waals surface area contributed by atoms with E-state index in [0.29, 0.717) is 24.5 Å². The number of nitrogens with zero attached hydrogens (tertiary/aromatic N) is 1. The van der Waals surface area contributed by atoms with Crippen molar-refractivity contribution in [2.24, 2.45) is 0 Å². The highest BCUT2D eigenvalue weighted by Crippen LogP contribution is 2.37. The lowest BCUT2D eigenvalue weighted by Crippen LogP contribution is -2.16. The number of carbonyl (C=O) groups is 1. The van der Waals surface area contributed by atoms with Crippen LogP contribution >= 0.6 is 15.9 Å². The molecule has 0 unspecified atom stereocenters. The van der Waals surface area contributed by atoms with Crippen LogP contribution < -0.4 is 9.47 Å². The van der Waals surface area contributed by atoms with Crippen LogP contribution in [0.1, 0.15) is 15.9 Å². The molecule has 112 valence electrons. The zero-order valence-corrected chi connectivity index (χ0v) is 12.8. The molecule has 7 heteroatoms. The smallest absolute Gasteiger partial charge is 0.284 e. The molecule has 2 aromatic rings. The van der Waals surface area contributed by atoms with Gasteiger partial charge in [-0.2, -0.15) is 0 Å². The Balaban J connectivity index is 2.12. The molecule has 0 amide bonds. The van der Waals surface area contributed by atoms with Crippen molar-refractivity contribution in [3.05, 3.63) is 62.1 Å². The summed E-state index contributed by atoms with van der Waals surface area (Å²) in [6, 6.07) is 9.29. The maximum Gasteiger partial charge on any atom is 0.284 e. The molecule has 0 aliphatic carbocycles. The second-order valence-electron chi connectivity index (χ2n) is 4.61. The second-order valence-corrected chi connectivity index (χ2v) is 5.53. The monoisotopic (exact) mass is 363 g/mol. The summed E-state index contributed by atoms with van der Waals surface area (Å²) < 4.78 is 11.4. The molecule has 1 aliphatic rings.